The van der Waals surface area contributed by atoms with Crippen LogP contribution in [0.2, 0.25) is 0 Å². The summed E-state index contributed by atoms with van der Waals surface area (Å²) in [6.07, 6.45) is 2.11. The van der Waals surface area contributed by atoms with Gasteiger partial charge in [0.1, 0.15) is 0 Å². The highest BCUT2D eigenvalue weighted by Gasteiger charge is 2.31. The number of sulfonamides is 1. The molecule has 1 atom stereocenters. The van der Waals surface area contributed by atoms with Crippen LogP contribution >= 0.6 is 0 Å². The molecule has 1 heterocycles. The molecule has 1 fully saturated rings. The van der Waals surface area contributed by atoms with Gasteiger partial charge >= 0.3 is 0 Å². The van der Waals surface area contributed by atoms with Gasteiger partial charge in [-0.3, -0.25) is 14.4 Å². The van der Waals surface area contributed by atoms with E-state index >= 15 is 0 Å². The van der Waals surface area contributed by atoms with Crippen LogP contribution in [0.5, 0.6) is 0 Å². The highest BCUT2D eigenvalue weighted by atomic mass is 32.2. The molecule has 1 saturated heterocycles. The van der Waals surface area contributed by atoms with Gasteiger partial charge in [0.05, 0.1) is 11.7 Å². The number of carbonyl (C=O) groups is 3. The first-order valence-corrected chi connectivity index (χ1v) is 13.4. The Morgan fingerprint density at radius 2 is 1.76 bits per heavy atom. The van der Waals surface area contributed by atoms with Crippen molar-refractivity contribution in [3.63, 3.8) is 0 Å². The van der Waals surface area contributed by atoms with E-state index in [2.05, 4.69) is 0 Å². The van der Waals surface area contributed by atoms with Crippen LogP contribution in [-0.2, 0) is 19.6 Å². The largest absolute Gasteiger partial charge is 0.343 e. The maximum absolute atomic E-state index is 13.4. The van der Waals surface area contributed by atoms with Crippen LogP contribution in [0.4, 0.5) is 0 Å². The molecule has 3 rings (SSSR count). The fraction of sp³-hybridized carbons (Fsp3) is 0.423. The number of carbonyl (C=O) groups excluding carboxylic acids is 3. The topological polar surface area (TPSA) is 91.8 Å². The molecule has 0 aromatic heterocycles. The summed E-state index contributed by atoms with van der Waals surface area (Å²) in [5.41, 5.74) is 1.57. The maximum atomic E-state index is 13.4. The van der Waals surface area contributed by atoms with Gasteiger partial charge in [-0.2, -0.15) is 0 Å². The molecule has 1 aliphatic heterocycles. The summed E-state index contributed by atoms with van der Waals surface area (Å²) in [5.74, 6) is -1.48. The number of likely N-dealkylation sites (tertiary alicyclic amines) is 1. The van der Waals surface area contributed by atoms with Gasteiger partial charge < -0.3 is 4.90 Å². The molecule has 0 N–H and O–H groups in total. The highest BCUT2D eigenvalue weighted by Crippen LogP contribution is 2.23. The van der Waals surface area contributed by atoms with Crippen LogP contribution in [0.3, 0.4) is 0 Å². The zero-order valence-corrected chi connectivity index (χ0v) is 20.6. The Hall–Kier alpha value is -3.00. The number of benzene rings is 2. The van der Waals surface area contributed by atoms with Crippen LogP contribution in [0.25, 0.3) is 0 Å². The molecule has 7 nitrogen and oxygen atoms in total. The molecular weight excluding hydrogens is 452 g/mol. The van der Waals surface area contributed by atoms with E-state index in [0.29, 0.717) is 49.0 Å². The number of rotatable bonds is 11. The molecular formula is C26H32N2O5S. The minimum Gasteiger partial charge on any atom is -0.343 e. The molecule has 0 aliphatic carbocycles. The molecule has 8 heteroatoms. The smallest absolute Gasteiger partial charge is 0.243 e. The van der Waals surface area contributed by atoms with Gasteiger partial charge in [-0.1, -0.05) is 55.5 Å². The molecule has 0 radical (unpaired) electrons. The zero-order chi connectivity index (χ0) is 24.7. The molecule has 182 valence electrons. The van der Waals surface area contributed by atoms with Crippen LogP contribution in [0, 0.1) is 0 Å². The summed E-state index contributed by atoms with van der Waals surface area (Å²) in [4.78, 5) is 39.8. The van der Waals surface area contributed by atoms with Crippen molar-refractivity contribution in [1.29, 1.82) is 0 Å². The number of amides is 2. The van der Waals surface area contributed by atoms with Crippen molar-refractivity contribution < 1.29 is 22.8 Å². The van der Waals surface area contributed by atoms with Crippen LogP contribution in [-0.4, -0.2) is 60.6 Å². The van der Waals surface area contributed by atoms with Crippen molar-refractivity contribution in [3.05, 3.63) is 71.3 Å². The average molecular weight is 485 g/mol. The maximum Gasteiger partial charge on any atom is 0.243 e. The van der Waals surface area contributed by atoms with E-state index < -0.39 is 21.8 Å². The Balaban J connectivity index is 1.78. The minimum atomic E-state index is -3.79. The predicted octanol–water partition coefficient (Wildman–Crippen LogP) is 3.60. The van der Waals surface area contributed by atoms with Crippen LogP contribution in [0.15, 0.2) is 54.6 Å². The van der Waals surface area contributed by atoms with Gasteiger partial charge in [0.2, 0.25) is 21.8 Å². The van der Waals surface area contributed by atoms with E-state index in [9.17, 15) is 22.8 Å². The molecule has 0 bridgehead atoms. The summed E-state index contributed by atoms with van der Waals surface area (Å²) in [6, 6.07) is 15.7. The second-order valence-corrected chi connectivity index (χ2v) is 10.6. The highest BCUT2D eigenvalue weighted by molar-refractivity contribution is 7.89. The molecule has 1 aliphatic rings. The third-order valence-corrected chi connectivity index (χ3v) is 8.02. The zero-order valence-electron chi connectivity index (χ0n) is 19.8. The average Bonchev–Trinajstić information content (AvgIpc) is 3.25. The normalized spacial score (nSPS) is 14.8. The van der Waals surface area contributed by atoms with E-state index in [1.54, 1.807) is 67.3 Å². The fourth-order valence-corrected chi connectivity index (χ4v) is 5.74. The van der Waals surface area contributed by atoms with Gasteiger partial charge in [0, 0.05) is 37.2 Å². The van der Waals surface area contributed by atoms with E-state index in [1.807, 2.05) is 6.07 Å². The summed E-state index contributed by atoms with van der Waals surface area (Å²) in [5, 5.41) is 0. The quantitative estimate of drug-likeness (QED) is 0.455. The third kappa shape index (κ3) is 6.11. The Labute approximate surface area is 201 Å². The van der Waals surface area contributed by atoms with Crippen LogP contribution < -0.4 is 0 Å². The molecule has 2 amide bonds. The van der Waals surface area contributed by atoms with Gasteiger partial charge in [-0.25, -0.2) is 12.7 Å². The first-order valence-electron chi connectivity index (χ1n) is 11.8. The SMILES string of the molecule is CCCS(=O)(=O)N(CCCN1CCCC1=O)C(=O)C(C)c1cccc(C(=O)c2ccccc2)c1. The van der Waals surface area contributed by atoms with E-state index in [-0.39, 0.29) is 24.0 Å². The van der Waals surface area contributed by atoms with Gasteiger partial charge in [0.25, 0.3) is 0 Å². The monoisotopic (exact) mass is 484 g/mol. The van der Waals surface area contributed by atoms with Crippen molar-refractivity contribution in [2.24, 2.45) is 0 Å². The lowest BCUT2D eigenvalue weighted by molar-refractivity contribution is -0.128. The number of nitrogens with zero attached hydrogens (tertiary/aromatic N) is 2. The lowest BCUT2D eigenvalue weighted by Gasteiger charge is -2.26. The van der Waals surface area contributed by atoms with E-state index in [4.69, 9.17) is 0 Å². The summed E-state index contributed by atoms with van der Waals surface area (Å²) < 4.78 is 26.8. The Morgan fingerprint density at radius 3 is 2.41 bits per heavy atom. The number of ketones is 1. The molecule has 0 saturated carbocycles. The van der Waals surface area contributed by atoms with Crippen molar-refractivity contribution in [2.75, 3.05) is 25.4 Å². The summed E-state index contributed by atoms with van der Waals surface area (Å²) in [7, 11) is -3.79. The van der Waals surface area contributed by atoms with Crippen molar-refractivity contribution in [1.82, 2.24) is 9.21 Å². The van der Waals surface area contributed by atoms with Gasteiger partial charge in [-0.05, 0) is 37.8 Å². The summed E-state index contributed by atoms with van der Waals surface area (Å²) >= 11 is 0. The Kier molecular flexibility index (Phi) is 8.61. The molecule has 2 aromatic rings. The van der Waals surface area contributed by atoms with Crippen molar-refractivity contribution in [2.45, 2.75) is 45.4 Å². The lowest BCUT2D eigenvalue weighted by atomic mass is 9.95. The predicted molar refractivity (Wildman–Crippen MR) is 131 cm³/mol. The first-order chi connectivity index (χ1) is 16.2. The van der Waals surface area contributed by atoms with Crippen molar-refractivity contribution >= 4 is 27.6 Å². The molecule has 0 spiro atoms. The number of hydrogen-bond acceptors (Lipinski definition) is 5. The minimum absolute atomic E-state index is 0.0257. The van der Waals surface area contributed by atoms with Crippen LogP contribution in [0.1, 0.15) is 66.9 Å². The molecule has 1 unspecified atom stereocenters. The van der Waals surface area contributed by atoms with Gasteiger partial charge in [0.15, 0.2) is 5.78 Å². The number of hydrogen-bond donors (Lipinski definition) is 0. The van der Waals surface area contributed by atoms with E-state index in [0.717, 1.165) is 10.7 Å². The Bertz CT molecular complexity index is 1130. The second kappa shape index (κ2) is 11.4. The fourth-order valence-electron chi connectivity index (χ4n) is 4.16. The lowest BCUT2D eigenvalue weighted by Crippen LogP contribution is -2.42. The standard InChI is InChI=1S/C26H32N2O5S/c1-3-18-34(32,33)28(17-9-16-27-15-8-14-24(27)29)26(31)20(2)22-12-7-13-23(19-22)25(30)21-10-5-4-6-11-21/h4-7,10-13,19-20H,3,8-9,14-18H2,1-2H3. The van der Waals surface area contributed by atoms with Crippen molar-refractivity contribution in [3.8, 4) is 0 Å². The Morgan fingerprint density at radius 1 is 1.06 bits per heavy atom. The van der Waals surface area contributed by atoms with E-state index in [1.165, 1.54) is 0 Å². The molecule has 34 heavy (non-hydrogen) atoms. The van der Waals surface area contributed by atoms with Gasteiger partial charge in [-0.15, -0.1) is 0 Å². The second-order valence-electron chi connectivity index (χ2n) is 8.61. The molecule has 2 aromatic carbocycles. The third-order valence-electron chi connectivity index (χ3n) is 6.06. The first kappa shape index (κ1) is 25.6. The summed E-state index contributed by atoms with van der Waals surface area (Å²) in [6.45, 7) is 4.54.